The van der Waals surface area contributed by atoms with Gasteiger partial charge in [0.15, 0.2) is 0 Å². The first-order chi connectivity index (χ1) is 7.65. The molecule has 0 fully saturated rings. The first-order valence-corrected chi connectivity index (χ1v) is 5.90. The van der Waals surface area contributed by atoms with Gasteiger partial charge in [0.2, 0.25) is 0 Å². The Morgan fingerprint density at radius 2 is 1.62 bits per heavy atom. The third kappa shape index (κ3) is 2.68. The topological polar surface area (TPSA) is 38.0 Å². The molecule has 0 unspecified atom stereocenters. The van der Waals surface area contributed by atoms with Crippen molar-refractivity contribution in [3.63, 3.8) is 0 Å². The van der Waals surface area contributed by atoms with Gasteiger partial charge in [-0.3, -0.25) is 0 Å². The molecule has 0 aromatic heterocycles. The molecule has 0 saturated carbocycles. The van der Waals surface area contributed by atoms with Crippen LogP contribution in [-0.2, 0) is 0 Å². The number of rotatable bonds is 2. The lowest BCUT2D eigenvalue weighted by molar-refractivity contribution is 1.53. The fraction of sp³-hybridized carbons (Fsp3) is 0. The first kappa shape index (κ1) is 11.3. The smallest absolute Gasteiger partial charge is 0.0549 e. The Balaban J connectivity index is 2.20. The molecule has 0 spiro atoms. The molecule has 0 amide bonds. The van der Waals surface area contributed by atoms with Crippen molar-refractivity contribution in [2.24, 2.45) is 0 Å². The molecule has 0 aliphatic carbocycles. The molecule has 2 rings (SSSR count). The molecule has 0 bridgehead atoms. The zero-order chi connectivity index (χ0) is 11.5. The average Bonchev–Trinajstić information content (AvgIpc) is 2.27. The van der Waals surface area contributed by atoms with Gasteiger partial charge in [0, 0.05) is 21.5 Å². The summed E-state index contributed by atoms with van der Waals surface area (Å²) < 4.78 is 0.870. The normalized spacial score (nSPS) is 10.1. The lowest BCUT2D eigenvalue weighted by Crippen LogP contribution is -1.91. The van der Waals surface area contributed by atoms with Crippen LogP contribution in [0.2, 0.25) is 5.02 Å². The molecule has 0 heterocycles. The van der Waals surface area contributed by atoms with Crippen molar-refractivity contribution < 1.29 is 0 Å². The van der Waals surface area contributed by atoms with E-state index in [0.717, 1.165) is 21.5 Å². The summed E-state index contributed by atoms with van der Waals surface area (Å²) in [6, 6.07) is 13.3. The standard InChI is InChI=1S/C12H10BrClN2/c13-11-7-10(5-6-12(11)14)16-9-3-1-8(15)2-4-9/h1-7,16H,15H2. The fourth-order valence-electron chi connectivity index (χ4n) is 1.31. The monoisotopic (exact) mass is 296 g/mol. The number of hydrogen-bond acceptors (Lipinski definition) is 2. The molecule has 0 aliphatic heterocycles. The highest BCUT2D eigenvalue weighted by atomic mass is 79.9. The van der Waals surface area contributed by atoms with Crippen LogP contribution in [-0.4, -0.2) is 0 Å². The summed E-state index contributed by atoms with van der Waals surface area (Å²) in [4.78, 5) is 0. The summed E-state index contributed by atoms with van der Waals surface area (Å²) >= 11 is 9.29. The van der Waals surface area contributed by atoms with Gasteiger partial charge in [-0.2, -0.15) is 0 Å². The number of halogens is 2. The van der Waals surface area contributed by atoms with E-state index in [0.29, 0.717) is 5.02 Å². The highest BCUT2D eigenvalue weighted by molar-refractivity contribution is 9.10. The summed E-state index contributed by atoms with van der Waals surface area (Å²) in [5.74, 6) is 0. The molecular weight excluding hydrogens is 288 g/mol. The first-order valence-electron chi connectivity index (χ1n) is 4.73. The minimum Gasteiger partial charge on any atom is -0.399 e. The van der Waals surface area contributed by atoms with Gasteiger partial charge < -0.3 is 11.1 Å². The molecule has 0 saturated heterocycles. The van der Waals surface area contributed by atoms with Crippen molar-refractivity contribution in [3.8, 4) is 0 Å². The van der Waals surface area contributed by atoms with Crippen LogP contribution in [0.3, 0.4) is 0 Å². The number of nitrogens with two attached hydrogens (primary N) is 1. The van der Waals surface area contributed by atoms with Crippen molar-refractivity contribution in [2.75, 3.05) is 11.1 Å². The van der Waals surface area contributed by atoms with E-state index in [9.17, 15) is 0 Å². The van der Waals surface area contributed by atoms with E-state index < -0.39 is 0 Å². The maximum absolute atomic E-state index is 5.91. The van der Waals surface area contributed by atoms with Crippen LogP contribution in [0.1, 0.15) is 0 Å². The second kappa shape index (κ2) is 4.76. The van der Waals surface area contributed by atoms with Gasteiger partial charge in [-0.05, 0) is 58.4 Å². The Bertz CT molecular complexity index is 497. The van der Waals surface area contributed by atoms with E-state index in [1.54, 1.807) is 0 Å². The average molecular weight is 298 g/mol. The molecule has 0 atom stereocenters. The Kier molecular flexibility index (Phi) is 3.36. The molecule has 0 aliphatic rings. The minimum absolute atomic E-state index is 0.697. The quantitative estimate of drug-likeness (QED) is 0.805. The van der Waals surface area contributed by atoms with Crippen molar-refractivity contribution >= 4 is 44.6 Å². The third-order valence-corrected chi connectivity index (χ3v) is 3.33. The highest BCUT2D eigenvalue weighted by Gasteiger charge is 1.99. The summed E-state index contributed by atoms with van der Waals surface area (Å²) in [5.41, 5.74) is 8.33. The zero-order valence-electron chi connectivity index (χ0n) is 8.37. The van der Waals surface area contributed by atoms with Gasteiger partial charge in [0.05, 0.1) is 5.02 Å². The maximum Gasteiger partial charge on any atom is 0.0549 e. The van der Waals surface area contributed by atoms with E-state index in [1.807, 2.05) is 42.5 Å². The largest absolute Gasteiger partial charge is 0.399 e. The van der Waals surface area contributed by atoms with Gasteiger partial charge in [-0.1, -0.05) is 11.6 Å². The van der Waals surface area contributed by atoms with Gasteiger partial charge in [-0.25, -0.2) is 0 Å². The van der Waals surface area contributed by atoms with Crippen molar-refractivity contribution in [2.45, 2.75) is 0 Å². The van der Waals surface area contributed by atoms with Crippen LogP contribution in [0.4, 0.5) is 17.1 Å². The number of nitrogen functional groups attached to an aromatic ring is 1. The number of hydrogen-bond donors (Lipinski definition) is 2. The Morgan fingerprint density at radius 1 is 1.00 bits per heavy atom. The summed E-state index contributed by atoms with van der Waals surface area (Å²) in [6.07, 6.45) is 0. The number of benzene rings is 2. The van der Waals surface area contributed by atoms with Crippen LogP contribution >= 0.6 is 27.5 Å². The van der Waals surface area contributed by atoms with E-state index in [1.165, 1.54) is 0 Å². The van der Waals surface area contributed by atoms with Crippen molar-refractivity contribution in [1.82, 2.24) is 0 Å². The van der Waals surface area contributed by atoms with Crippen molar-refractivity contribution in [1.29, 1.82) is 0 Å². The lowest BCUT2D eigenvalue weighted by atomic mass is 10.2. The van der Waals surface area contributed by atoms with E-state index in [4.69, 9.17) is 17.3 Å². The number of nitrogens with one attached hydrogen (secondary N) is 1. The second-order valence-corrected chi connectivity index (χ2v) is 4.64. The fourth-order valence-corrected chi connectivity index (χ4v) is 1.80. The van der Waals surface area contributed by atoms with Crippen LogP contribution in [0.5, 0.6) is 0 Å². The van der Waals surface area contributed by atoms with Crippen molar-refractivity contribution in [3.05, 3.63) is 52.0 Å². The summed E-state index contributed by atoms with van der Waals surface area (Å²) in [7, 11) is 0. The lowest BCUT2D eigenvalue weighted by Gasteiger charge is -2.07. The molecule has 2 aromatic rings. The number of anilines is 3. The molecule has 16 heavy (non-hydrogen) atoms. The van der Waals surface area contributed by atoms with Gasteiger partial charge in [0.1, 0.15) is 0 Å². The van der Waals surface area contributed by atoms with Gasteiger partial charge >= 0.3 is 0 Å². The molecule has 2 aromatic carbocycles. The molecule has 0 radical (unpaired) electrons. The Morgan fingerprint density at radius 3 is 2.25 bits per heavy atom. The van der Waals surface area contributed by atoms with E-state index >= 15 is 0 Å². The van der Waals surface area contributed by atoms with Gasteiger partial charge in [0.25, 0.3) is 0 Å². The van der Waals surface area contributed by atoms with Crippen LogP contribution < -0.4 is 11.1 Å². The summed E-state index contributed by atoms with van der Waals surface area (Å²) in [5, 5.41) is 3.95. The van der Waals surface area contributed by atoms with Crippen LogP contribution in [0, 0.1) is 0 Å². The van der Waals surface area contributed by atoms with Gasteiger partial charge in [-0.15, -0.1) is 0 Å². The predicted molar refractivity (Wildman–Crippen MR) is 73.3 cm³/mol. The predicted octanol–water partition coefficient (Wildman–Crippen LogP) is 4.43. The highest BCUT2D eigenvalue weighted by Crippen LogP contribution is 2.27. The molecule has 4 heteroatoms. The van der Waals surface area contributed by atoms with E-state index in [-0.39, 0.29) is 0 Å². The third-order valence-electron chi connectivity index (χ3n) is 2.12. The molecule has 82 valence electrons. The SMILES string of the molecule is Nc1ccc(Nc2ccc(Cl)c(Br)c2)cc1. The summed E-state index contributed by atoms with van der Waals surface area (Å²) in [6.45, 7) is 0. The molecule has 2 nitrogen and oxygen atoms in total. The zero-order valence-corrected chi connectivity index (χ0v) is 10.7. The Labute approximate surface area is 108 Å². The minimum atomic E-state index is 0.697. The van der Waals surface area contributed by atoms with Crippen LogP contribution in [0.25, 0.3) is 0 Å². The van der Waals surface area contributed by atoms with E-state index in [2.05, 4.69) is 21.2 Å². The second-order valence-electron chi connectivity index (χ2n) is 3.38. The maximum atomic E-state index is 5.91. The van der Waals surface area contributed by atoms with Crippen LogP contribution in [0.15, 0.2) is 46.9 Å². The molecular formula is C12H10BrClN2. The Hall–Kier alpha value is -1.19. The molecule has 3 N–H and O–H groups in total.